The van der Waals surface area contributed by atoms with Gasteiger partial charge in [0.05, 0.1) is 3.57 Å². The SMILES string of the molecule is Fc1cc(Sc2ccccc2)cc(F)c1I. The highest BCUT2D eigenvalue weighted by Crippen LogP contribution is 2.30. The molecule has 0 aromatic heterocycles. The Morgan fingerprint density at radius 1 is 0.875 bits per heavy atom. The smallest absolute Gasteiger partial charge is 0.140 e. The van der Waals surface area contributed by atoms with Crippen molar-refractivity contribution < 1.29 is 8.78 Å². The molecule has 0 amide bonds. The molecule has 0 bridgehead atoms. The Bertz CT molecular complexity index is 477. The Balaban J connectivity index is 2.29. The van der Waals surface area contributed by atoms with Crippen LogP contribution in [0.1, 0.15) is 0 Å². The molecule has 0 atom stereocenters. The molecule has 2 rings (SSSR count). The highest BCUT2D eigenvalue weighted by atomic mass is 127. The van der Waals surface area contributed by atoms with Crippen LogP contribution in [-0.4, -0.2) is 0 Å². The van der Waals surface area contributed by atoms with Crippen molar-refractivity contribution in [1.29, 1.82) is 0 Å². The third-order valence-electron chi connectivity index (χ3n) is 1.94. The summed E-state index contributed by atoms with van der Waals surface area (Å²) in [5.41, 5.74) is 0. The van der Waals surface area contributed by atoms with Crippen molar-refractivity contribution in [1.82, 2.24) is 0 Å². The van der Waals surface area contributed by atoms with E-state index in [1.165, 1.54) is 23.9 Å². The van der Waals surface area contributed by atoms with Gasteiger partial charge >= 0.3 is 0 Å². The van der Waals surface area contributed by atoms with Crippen LogP contribution >= 0.6 is 34.4 Å². The van der Waals surface area contributed by atoms with Gasteiger partial charge in [0.25, 0.3) is 0 Å². The van der Waals surface area contributed by atoms with E-state index in [9.17, 15) is 8.78 Å². The van der Waals surface area contributed by atoms with E-state index < -0.39 is 11.6 Å². The number of benzene rings is 2. The minimum absolute atomic E-state index is 0.0370. The summed E-state index contributed by atoms with van der Waals surface area (Å²) in [5.74, 6) is -1.03. The molecule has 0 aliphatic heterocycles. The van der Waals surface area contributed by atoms with Crippen LogP contribution < -0.4 is 0 Å². The van der Waals surface area contributed by atoms with Crippen LogP contribution in [0.4, 0.5) is 8.78 Å². The molecule has 0 unspecified atom stereocenters. The molecule has 2 aromatic rings. The molecule has 0 nitrogen and oxygen atoms in total. The minimum Gasteiger partial charge on any atom is -0.206 e. The van der Waals surface area contributed by atoms with Gasteiger partial charge in [-0.25, -0.2) is 8.78 Å². The first-order valence-electron chi connectivity index (χ1n) is 4.54. The van der Waals surface area contributed by atoms with E-state index in [2.05, 4.69) is 0 Å². The fourth-order valence-corrected chi connectivity index (χ4v) is 2.42. The van der Waals surface area contributed by atoms with Crippen LogP contribution in [0, 0.1) is 15.2 Å². The maximum absolute atomic E-state index is 13.3. The molecule has 2 aromatic carbocycles. The van der Waals surface area contributed by atoms with Crippen molar-refractivity contribution in [2.24, 2.45) is 0 Å². The average molecular weight is 348 g/mol. The van der Waals surface area contributed by atoms with Gasteiger partial charge in [0.15, 0.2) is 0 Å². The lowest BCUT2D eigenvalue weighted by molar-refractivity contribution is 0.564. The van der Waals surface area contributed by atoms with Crippen LogP contribution in [0.2, 0.25) is 0 Å². The van der Waals surface area contributed by atoms with Gasteiger partial charge in [0, 0.05) is 9.79 Å². The molecule has 0 radical (unpaired) electrons. The summed E-state index contributed by atoms with van der Waals surface area (Å²) in [5, 5.41) is 0. The van der Waals surface area contributed by atoms with Crippen molar-refractivity contribution in [2.75, 3.05) is 0 Å². The van der Waals surface area contributed by atoms with Gasteiger partial charge in [-0.2, -0.15) is 0 Å². The topological polar surface area (TPSA) is 0 Å². The Morgan fingerprint density at radius 3 is 2.00 bits per heavy atom. The van der Waals surface area contributed by atoms with Gasteiger partial charge in [0.2, 0.25) is 0 Å². The van der Waals surface area contributed by atoms with Gasteiger partial charge in [-0.1, -0.05) is 30.0 Å². The predicted octanol–water partition coefficient (Wildman–Crippen LogP) is 4.72. The molecule has 0 saturated heterocycles. The zero-order valence-electron chi connectivity index (χ0n) is 8.08. The molecule has 0 aliphatic carbocycles. The molecule has 0 heterocycles. The number of hydrogen-bond acceptors (Lipinski definition) is 1. The highest BCUT2D eigenvalue weighted by Gasteiger charge is 2.08. The number of halogens is 3. The van der Waals surface area contributed by atoms with Gasteiger partial charge in [-0.15, -0.1) is 0 Å². The van der Waals surface area contributed by atoms with Crippen LogP contribution in [-0.2, 0) is 0 Å². The lowest BCUT2D eigenvalue weighted by Gasteiger charge is -2.03. The molecule has 4 heteroatoms. The zero-order chi connectivity index (χ0) is 11.5. The third kappa shape index (κ3) is 2.74. The van der Waals surface area contributed by atoms with E-state index in [4.69, 9.17) is 0 Å². The molecular weight excluding hydrogens is 341 g/mol. The van der Waals surface area contributed by atoms with E-state index >= 15 is 0 Å². The predicted molar refractivity (Wildman–Crippen MR) is 69.6 cm³/mol. The fourth-order valence-electron chi connectivity index (χ4n) is 1.22. The second kappa shape index (κ2) is 5.14. The highest BCUT2D eigenvalue weighted by molar-refractivity contribution is 14.1. The Kier molecular flexibility index (Phi) is 3.81. The van der Waals surface area contributed by atoms with E-state index in [0.717, 1.165) is 4.90 Å². The van der Waals surface area contributed by atoms with Crippen LogP contribution in [0.25, 0.3) is 0 Å². The van der Waals surface area contributed by atoms with Crippen molar-refractivity contribution in [3.8, 4) is 0 Å². The van der Waals surface area contributed by atoms with Crippen molar-refractivity contribution >= 4 is 34.4 Å². The average Bonchev–Trinajstić information content (AvgIpc) is 2.27. The first-order chi connectivity index (χ1) is 7.66. The van der Waals surface area contributed by atoms with Crippen LogP contribution in [0.15, 0.2) is 52.3 Å². The summed E-state index contributed by atoms with van der Waals surface area (Å²) < 4.78 is 26.6. The first-order valence-corrected chi connectivity index (χ1v) is 6.44. The second-order valence-electron chi connectivity index (χ2n) is 3.12. The maximum Gasteiger partial charge on any atom is 0.140 e. The Labute approximate surface area is 110 Å². The summed E-state index contributed by atoms with van der Waals surface area (Å²) in [4.78, 5) is 1.53. The molecule has 82 valence electrons. The molecule has 0 spiro atoms. The summed E-state index contributed by atoms with van der Waals surface area (Å²) in [6.07, 6.45) is 0. The molecule has 16 heavy (non-hydrogen) atoms. The first kappa shape index (κ1) is 11.9. The van der Waals surface area contributed by atoms with Crippen molar-refractivity contribution in [3.63, 3.8) is 0 Å². The summed E-state index contributed by atoms with van der Waals surface area (Å²) in [6.45, 7) is 0. The van der Waals surface area contributed by atoms with E-state index in [1.54, 1.807) is 22.6 Å². The number of rotatable bonds is 2. The van der Waals surface area contributed by atoms with Gasteiger partial charge < -0.3 is 0 Å². The molecule has 0 aliphatic rings. The largest absolute Gasteiger partial charge is 0.206 e. The maximum atomic E-state index is 13.3. The van der Waals surface area contributed by atoms with Crippen LogP contribution in [0.3, 0.4) is 0 Å². The van der Waals surface area contributed by atoms with E-state index in [1.807, 2.05) is 30.3 Å². The van der Waals surface area contributed by atoms with E-state index in [0.29, 0.717) is 4.90 Å². The minimum atomic E-state index is -0.515. The van der Waals surface area contributed by atoms with Gasteiger partial charge in [0.1, 0.15) is 11.6 Å². The molecule has 0 N–H and O–H groups in total. The normalized spacial score (nSPS) is 10.4. The second-order valence-corrected chi connectivity index (χ2v) is 5.34. The lowest BCUT2D eigenvalue weighted by atomic mass is 10.3. The van der Waals surface area contributed by atoms with Gasteiger partial charge in [-0.05, 0) is 46.9 Å². The zero-order valence-corrected chi connectivity index (χ0v) is 11.1. The summed E-state index contributed by atoms with van der Waals surface area (Å²) in [6, 6.07) is 12.2. The Hall–Kier alpha value is -0.620. The van der Waals surface area contributed by atoms with Gasteiger partial charge in [-0.3, -0.25) is 0 Å². The molecule has 0 fully saturated rings. The lowest BCUT2D eigenvalue weighted by Crippen LogP contribution is -1.88. The Morgan fingerprint density at radius 2 is 1.44 bits per heavy atom. The summed E-state index contributed by atoms with van der Waals surface area (Å²) in [7, 11) is 0. The molecular formula is C12H7F2IS. The third-order valence-corrected chi connectivity index (χ3v) is 3.95. The van der Waals surface area contributed by atoms with E-state index in [-0.39, 0.29) is 3.57 Å². The van der Waals surface area contributed by atoms with Crippen molar-refractivity contribution in [3.05, 3.63) is 57.7 Å². The standard InChI is InChI=1S/C12H7F2IS/c13-10-6-9(7-11(14)12(10)15)16-8-4-2-1-3-5-8/h1-7H. The fraction of sp³-hybridized carbons (Fsp3) is 0. The summed E-state index contributed by atoms with van der Waals surface area (Å²) >= 11 is 3.00. The van der Waals surface area contributed by atoms with Crippen LogP contribution in [0.5, 0.6) is 0 Å². The molecule has 0 saturated carbocycles. The monoisotopic (exact) mass is 348 g/mol. The number of hydrogen-bond donors (Lipinski definition) is 0. The van der Waals surface area contributed by atoms with Crippen molar-refractivity contribution in [2.45, 2.75) is 9.79 Å². The quantitative estimate of drug-likeness (QED) is 0.559.